The highest BCUT2D eigenvalue weighted by Gasteiger charge is 2.31. The van der Waals surface area contributed by atoms with Gasteiger partial charge >= 0.3 is 5.97 Å². The van der Waals surface area contributed by atoms with Crippen LogP contribution in [0, 0.1) is 5.92 Å². The van der Waals surface area contributed by atoms with Crippen molar-refractivity contribution in [3.63, 3.8) is 0 Å². The van der Waals surface area contributed by atoms with Gasteiger partial charge in [-0.2, -0.15) is 0 Å². The van der Waals surface area contributed by atoms with Crippen molar-refractivity contribution in [3.8, 4) is 11.3 Å². The minimum Gasteiger partial charge on any atom is -0.481 e. The molecule has 1 aromatic heterocycles. The van der Waals surface area contributed by atoms with Gasteiger partial charge in [0, 0.05) is 17.7 Å². The van der Waals surface area contributed by atoms with Crippen LogP contribution in [0.5, 0.6) is 0 Å². The van der Waals surface area contributed by atoms with Crippen LogP contribution in [0.1, 0.15) is 29.8 Å². The molecule has 0 saturated heterocycles. The zero-order valence-corrected chi connectivity index (χ0v) is 11.9. The number of carboxylic acids is 1. The largest absolute Gasteiger partial charge is 0.481 e. The molecule has 6 nitrogen and oxygen atoms in total. The van der Waals surface area contributed by atoms with E-state index >= 15 is 0 Å². The lowest BCUT2D eigenvalue weighted by atomic mass is 10.1. The molecular weight excluding hydrogens is 284 g/mol. The van der Waals surface area contributed by atoms with Crippen molar-refractivity contribution < 1.29 is 19.2 Å². The highest BCUT2D eigenvalue weighted by Crippen LogP contribution is 2.26. The summed E-state index contributed by atoms with van der Waals surface area (Å²) in [4.78, 5) is 23.1. The Kier molecular flexibility index (Phi) is 3.91. The Morgan fingerprint density at radius 1 is 1.23 bits per heavy atom. The lowest BCUT2D eigenvalue weighted by molar-refractivity contribution is -0.141. The number of aliphatic carboxylic acids is 1. The zero-order valence-electron chi connectivity index (χ0n) is 11.9. The van der Waals surface area contributed by atoms with E-state index in [0.29, 0.717) is 25.0 Å². The van der Waals surface area contributed by atoms with Gasteiger partial charge < -0.3 is 14.9 Å². The molecule has 0 radical (unpaired) electrons. The summed E-state index contributed by atoms with van der Waals surface area (Å²) in [5.74, 6) is -0.977. The molecule has 3 rings (SSSR count). The van der Waals surface area contributed by atoms with Crippen LogP contribution in [0.3, 0.4) is 0 Å². The summed E-state index contributed by atoms with van der Waals surface area (Å²) in [5, 5.41) is 15.6. The van der Waals surface area contributed by atoms with Crippen molar-refractivity contribution >= 4 is 11.9 Å². The second kappa shape index (κ2) is 6.01. The minimum atomic E-state index is -0.801. The topological polar surface area (TPSA) is 92.4 Å². The second-order valence-electron chi connectivity index (χ2n) is 5.46. The first kappa shape index (κ1) is 14.3. The second-order valence-corrected chi connectivity index (χ2v) is 5.46. The number of carbonyl (C=O) groups is 2. The first-order valence-electron chi connectivity index (χ1n) is 7.19. The Bertz CT molecular complexity index is 680. The number of hydrogen-bond acceptors (Lipinski definition) is 4. The number of amides is 1. The van der Waals surface area contributed by atoms with Crippen molar-refractivity contribution in [1.29, 1.82) is 0 Å². The van der Waals surface area contributed by atoms with Gasteiger partial charge in [0.05, 0.1) is 5.92 Å². The number of rotatable bonds is 4. The molecular formula is C16H16N2O4. The van der Waals surface area contributed by atoms with Crippen LogP contribution in [-0.2, 0) is 4.79 Å². The first-order valence-corrected chi connectivity index (χ1v) is 7.19. The van der Waals surface area contributed by atoms with E-state index in [1.54, 1.807) is 6.07 Å². The quantitative estimate of drug-likeness (QED) is 0.904. The van der Waals surface area contributed by atoms with Crippen LogP contribution in [0.4, 0.5) is 0 Å². The maximum Gasteiger partial charge on any atom is 0.306 e. The van der Waals surface area contributed by atoms with Crippen molar-refractivity contribution in [2.24, 2.45) is 5.92 Å². The van der Waals surface area contributed by atoms with Crippen LogP contribution in [0.25, 0.3) is 11.3 Å². The van der Waals surface area contributed by atoms with E-state index in [1.807, 2.05) is 30.3 Å². The Morgan fingerprint density at radius 3 is 2.68 bits per heavy atom. The van der Waals surface area contributed by atoms with Gasteiger partial charge in [-0.1, -0.05) is 35.5 Å². The smallest absolute Gasteiger partial charge is 0.306 e. The van der Waals surface area contributed by atoms with E-state index in [9.17, 15) is 9.59 Å². The van der Waals surface area contributed by atoms with Gasteiger partial charge in [0.1, 0.15) is 0 Å². The molecule has 2 aromatic rings. The highest BCUT2D eigenvalue weighted by molar-refractivity contribution is 5.93. The van der Waals surface area contributed by atoms with Crippen LogP contribution in [0.2, 0.25) is 0 Å². The number of carboxylic acid groups (broad SMARTS) is 1. The molecule has 1 amide bonds. The fourth-order valence-corrected chi connectivity index (χ4v) is 2.72. The summed E-state index contributed by atoms with van der Waals surface area (Å²) < 4.78 is 5.19. The Balaban J connectivity index is 1.64. The fraction of sp³-hybridized carbons (Fsp3) is 0.312. The monoisotopic (exact) mass is 300 g/mol. The summed E-state index contributed by atoms with van der Waals surface area (Å²) in [6, 6.07) is 10.9. The molecule has 2 N–H and O–H groups in total. The van der Waals surface area contributed by atoms with E-state index in [4.69, 9.17) is 9.63 Å². The van der Waals surface area contributed by atoms with Crippen molar-refractivity contribution in [2.45, 2.75) is 25.3 Å². The molecule has 114 valence electrons. The van der Waals surface area contributed by atoms with Crippen LogP contribution < -0.4 is 5.32 Å². The van der Waals surface area contributed by atoms with E-state index < -0.39 is 5.97 Å². The number of nitrogens with one attached hydrogen (secondary N) is 1. The highest BCUT2D eigenvalue weighted by atomic mass is 16.5. The lowest BCUT2D eigenvalue weighted by Gasteiger charge is -2.10. The van der Waals surface area contributed by atoms with E-state index in [1.165, 1.54) is 0 Å². The molecule has 1 aliphatic rings. The van der Waals surface area contributed by atoms with Crippen molar-refractivity contribution in [1.82, 2.24) is 10.5 Å². The zero-order chi connectivity index (χ0) is 15.5. The molecule has 1 heterocycles. The van der Waals surface area contributed by atoms with E-state index in [2.05, 4.69) is 10.5 Å². The fourth-order valence-electron chi connectivity index (χ4n) is 2.72. The normalized spacial score (nSPS) is 20.7. The summed E-state index contributed by atoms with van der Waals surface area (Å²) in [7, 11) is 0. The summed E-state index contributed by atoms with van der Waals surface area (Å²) in [6.45, 7) is 0. The molecule has 2 unspecified atom stereocenters. The molecule has 0 spiro atoms. The van der Waals surface area contributed by atoms with Crippen LogP contribution >= 0.6 is 0 Å². The van der Waals surface area contributed by atoms with E-state index in [0.717, 1.165) is 5.56 Å². The molecule has 0 aliphatic heterocycles. The van der Waals surface area contributed by atoms with Gasteiger partial charge in [-0.15, -0.1) is 0 Å². The minimum absolute atomic E-state index is 0.120. The van der Waals surface area contributed by atoms with E-state index in [-0.39, 0.29) is 23.6 Å². The van der Waals surface area contributed by atoms with Crippen molar-refractivity contribution in [3.05, 3.63) is 42.1 Å². The molecule has 1 aromatic carbocycles. The number of aromatic nitrogens is 1. The van der Waals surface area contributed by atoms with Gasteiger partial charge in [0.25, 0.3) is 5.91 Å². The third kappa shape index (κ3) is 3.00. The molecule has 6 heteroatoms. The van der Waals surface area contributed by atoms with Crippen molar-refractivity contribution in [2.75, 3.05) is 0 Å². The standard InChI is InChI=1S/C16H16N2O4/c19-15(17-12-7-6-11(8-12)16(20)21)13-9-14(22-18-13)10-4-2-1-3-5-10/h1-5,9,11-12H,6-8H2,(H,17,19)(H,20,21). The maximum absolute atomic E-state index is 12.1. The third-order valence-corrected chi connectivity index (χ3v) is 3.92. The Labute approximate surface area is 127 Å². The Hall–Kier alpha value is -2.63. The summed E-state index contributed by atoms with van der Waals surface area (Å²) in [5.41, 5.74) is 1.05. The van der Waals surface area contributed by atoms with Gasteiger partial charge in [-0.05, 0) is 19.3 Å². The van der Waals surface area contributed by atoms with Gasteiger partial charge in [-0.25, -0.2) is 0 Å². The molecule has 1 saturated carbocycles. The summed E-state index contributed by atoms with van der Waals surface area (Å²) in [6.07, 6.45) is 1.73. The molecule has 22 heavy (non-hydrogen) atoms. The lowest BCUT2D eigenvalue weighted by Crippen LogP contribution is -2.33. The number of benzene rings is 1. The average Bonchev–Trinajstić information content (AvgIpc) is 3.17. The van der Waals surface area contributed by atoms with Gasteiger partial charge in [0.15, 0.2) is 11.5 Å². The predicted octanol–water partition coefficient (Wildman–Crippen LogP) is 2.32. The first-order chi connectivity index (χ1) is 10.6. The Morgan fingerprint density at radius 2 is 2.00 bits per heavy atom. The predicted molar refractivity (Wildman–Crippen MR) is 78.2 cm³/mol. The molecule has 1 fully saturated rings. The van der Waals surface area contributed by atoms with Crippen LogP contribution in [0.15, 0.2) is 40.9 Å². The van der Waals surface area contributed by atoms with Gasteiger partial charge in [-0.3, -0.25) is 9.59 Å². The number of carbonyl (C=O) groups excluding carboxylic acids is 1. The SMILES string of the molecule is O=C(NC1CCC(C(=O)O)C1)c1cc(-c2ccccc2)on1. The number of nitrogens with zero attached hydrogens (tertiary/aromatic N) is 1. The molecule has 1 aliphatic carbocycles. The van der Waals surface area contributed by atoms with Crippen LogP contribution in [-0.4, -0.2) is 28.2 Å². The third-order valence-electron chi connectivity index (χ3n) is 3.92. The number of hydrogen-bond donors (Lipinski definition) is 2. The summed E-state index contributed by atoms with van der Waals surface area (Å²) >= 11 is 0. The maximum atomic E-state index is 12.1. The molecule has 0 bridgehead atoms. The average molecular weight is 300 g/mol. The molecule has 2 atom stereocenters. The van der Waals surface area contributed by atoms with Gasteiger partial charge in [0.2, 0.25) is 0 Å².